The Hall–Kier alpha value is -2.61. The summed E-state index contributed by atoms with van der Waals surface area (Å²) in [5.74, 6) is 2.28. The van der Waals surface area contributed by atoms with Crippen LogP contribution in [0.4, 0.5) is 5.82 Å². The number of nitrogens with zero attached hydrogens (tertiary/aromatic N) is 7. The number of rotatable bonds is 4. The van der Waals surface area contributed by atoms with Gasteiger partial charge in [0.25, 0.3) is 0 Å². The van der Waals surface area contributed by atoms with Crippen LogP contribution < -0.4 is 4.90 Å². The number of hydrogen-bond acceptors (Lipinski definition) is 7. The van der Waals surface area contributed by atoms with E-state index in [1.54, 1.807) is 12.5 Å². The van der Waals surface area contributed by atoms with Gasteiger partial charge in [0.05, 0.1) is 36.8 Å². The molecule has 2 fully saturated rings. The first-order chi connectivity index (χ1) is 13.2. The van der Waals surface area contributed by atoms with Gasteiger partial charge in [-0.2, -0.15) is 0 Å². The molecule has 1 aliphatic carbocycles. The van der Waals surface area contributed by atoms with Crippen molar-refractivity contribution in [2.75, 3.05) is 24.7 Å². The first kappa shape index (κ1) is 16.6. The van der Waals surface area contributed by atoms with Gasteiger partial charge in [-0.05, 0) is 32.6 Å². The second-order valence-electron chi connectivity index (χ2n) is 7.52. The van der Waals surface area contributed by atoms with Crippen LogP contribution in [0.2, 0.25) is 0 Å². The predicted molar refractivity (Wildman–Crippen MR) is 101 cm³/mol. The molecule has 1 saturated heterocycles. The lowest BCUT2D eigenvalue weighted by molar-refractivity contribution is 0.0987. The lowest BCUT2D eigenvalue weighted by atomic mass is 10.2. The third kappa shape index (κ3) is 3.03. The zero-order chi connectivity index (χ0) is 18.4. The van der Waals surface area contributed by atoms with Crippen molar-refractivity contribution in [3.8, 4) is 11.4 Å². The molecule has 1 aliphatic heterocycles. The summed E-state index contributed by atoms with van der Waals surface area (Å²) in [7, 11) is 0. The predicted octanol–water partition coefficient (Wildman–Crippen LogP) is 2.23. The maximum Gasteiger partial charge on any atom is 0.167 e. The molecule has 3 aromatic heterocycles. The molecule has 140 valence electrons. The van der Waals surface area contributed by atoms with Crippen LogP contribution in [0.1, 0.15) is 25.5 Å². The summed E-state index contributed by atoms with van der Waals surface area (Å²) in [6.07, 6.45) is 7.83. The molecule has 1 saturated carbocycles. The zero-order valence-corrected chi connectivity index (χ0v) is 15.7. The first-order valence-corrected chi connectivity index (χ1v) is 9.55. The zero-order valence-electron chi connectivity index (χ0n) is 15.7. The minimum absolute atomic E-state index is 0.242. The highest BCUT2D eigenvalue weighted by Crippen LogP contribution is 2.34. The Labute approximate surface area is 157 Å². The number of hydrogen-bond donors (Lipinski definition) is 0. The molecule has 0 bridgehead atoms. The van der Waals surface area contributed by atoms with E-state index in [9.17, 15) is 0 Å². The van der Waals surface area contributed by atoms with Gasteiger partial charge >= 0.3 is 0 Å². The fourth-order valence-corrected chi connectivity index (χ4v) is 3.61. The lowest BCUT2D eigenvalue weighted by Crippen LogP contribution is -2.44. The normalized spacial score (nSPS) is 20.4. The Morgan fingerprint density at radius 3 is 2.89 bits per heavy atom. The van der Waals surface area contributed by atoms with Crippen molar-refractivity contribution in [1.29, 1.82) is 0 Å². The Kier molecular flexibility index (Phi) is 4.00. The standard InChI is InChI=1S/C19H23N7O/c1-12-9-27-6-5-26(12)19-16-18(25(11-22-16)8-14-3-4-14)23-17(24-19)15-7-20-10-21-13(15)2/h7,10-12,14H,3-6,8-9H2,1-2H3/t12-/m0/s1. The molecule has 0 unspecified atom stereocenters. The third-order valence-corrected chi connectivity index (χ3v) is 5.39. The van der Waals surface area contributed by atoms with Crippen LogP contribution in [0.15, 0.2) is 18.9 Å². The van der Waals surface area contributed by atoms with Crippen LogP contribution in [0.25, 0.3) is 22.6 Å². The van der Waals surface area contributed by atoms with Crippen LogP contribution in [-0.4, -0.2) is 55.3 Å². The Morgan fingerprint density at radius 2 is 2.11 bits per heavy atom. The molecule has 8 nitrogen and oxygen atoms in total. The average Bonchev–Trinajstić information content (AvgIpc) is 3.41. The molecule has 0 spiro atoms. The van der Waals surface area contributed by atoms with Gasteiger partial charge in [0.1, 0.15) is 6.33 Å². The van der Waals surface area contributed by atoms with Gasteiger partial charge in [0, 0.05) is 19.3 Å². The van der Waals surface area contributed by atoms with Crippen molar-refractivity contribution < 1.29 is 4.74 Å². The fourth-order valence-electron chi connectivity index (χ4n) is 3.61. The van der Waals surface area contributed by atoms with E-state index >= 15 is 0 Å². The minimum atomic E-state index is 0.242. The molecule has 0 radical (unpaired) electrons. The number of morpholine rings is 1. The second kappa shape index (κ2) is 6.53. The molecule has 4 heterocycles. The van der Waals surface area contributed by atoms with Crippen LogP contribution in [0.5, 0.6) is 0 Å². The molecule has 5 rings (SSSR count). The molecular weight excluding hydrogens is 342 g/mol. The molecule has 8 heteroatoms. The van der Waals surface area contributed by atoms with Crippen molar-refractivity contribution in [3.63, 3.8) is 0 Å². The quantitative estimate of drug-likeness (QED) is 0.701. The topological polar surface area (TPSA) is 81.9 Å². The number of aromatic nitrogens is 6. The van der Waals surface area contributed by atoms with Crippen molar-refractivity contribution in [2.45, 2.75) is 39.3 Å². The fraction of sp³-hybridized carbons (Fsp3) is 0.526. The summed E-state index contributed by atoms with van der Waals surface area (Å²) in [5.41, 5.74) is 3.49. The molecular formula is C19H23N7O. The van der Waals surface area contributed by atoms with Crippen LogP contribution in [-0.2, 0) is 11.3 Å². The summed E-state index contributed by atoms with van der Waals surface area (Å²) >= 11 is 0. The van der Waals surface area contributed by atoms with Gasteiger partial charge < -0.3 is 14.2 Å². The second-order valence-corrected chi connectivity index (χ2v) is 7.52. The van der Waals surface area contributed by atoms with Crippen molar-refractivity contribution >= 4 is 17.0 Å². The maximum atomic E-state index is 5.61. The summed E-state index contributed by atoms with van der Waals surface area (Å²) < 4.78 is 7.79. The van der Waals surface area contributed by atoms with Gasteiger partial charge in [-0.3, -0.25) is 0 Å². The van der Waals surface area contributed by atoms with E-state index in [1.165, 1.54) is 12.8 Å². The molecule has 0 aromatic carbocycles. The molecule has 2 aliphatic rings. The van der Waals surface area contributed by atoms with Gasteiger partial charge in [-0.15, -0.1) is 0 Å². The minimum Gasteiger partial charge on any atom is -0.377 e. The molecule has 3 aromatic rings. The van der Waals surface area contributed by atoms with Gasteiger partial charge in [-0.25, -0.2) is 24.9 Å². The highest BCUT2D eigenvalue weighted by molar-refractivity contribution is 5.86. The monoisotopic (exact) mass is 365 g/mol. The van der Waals surface area contributed by atoms with E-state index in [2.05, 4.69) is 26.4 Å². The van der Waals surface area contributed by atoms with E-state index in [4.69, 9.17) is 19.7 Å². The number of fused-ring (bicyclic) bond motifs is 1. The van der Waals surface area contributed by atoms with Crippen LogP contribution >= 0.6 is 0 Å². The molecule has 1 atom stereocenters. The van der Waals surface area contributed by atoms with E-state index < -0.39 is 0 Å². The Balaban J connectivity index is 1.69. The van der Waals surface area contributed by atoms with Crippen LogP contribution in [0, 0.1) is 12.8 Å². The third-order valence-electron chi connectivity index (χ3n) is 5.39. The average molecular weight is 365 g/mol. The van der Waals surface area contributed by atoms with E-state index in [1.807, 2.05) is 13.3 Å². The molecule has 0 N–H and O–H groups in total. The van der Waals surface area contributed by atoms with Gasteiger partial charge in [0.2, 0.25) is 0 Å². The smallest absolute Gasteiger partial charge is 0.167 e. The van der Waals surface area contributed by atoms with Crippen LogP contribution in [0.3, 0.4) is 0 Å². The largest absolute Gasteiger partial charge is 0.377 e. The van der Waals surface area contributed by atoms with E-state index in [0.29, 0.717) is 19.0 Å². The molecule has 27 heavy (non-hydrogen) atoms. The summed E-state index contributed by atoms with van der Waals surface area (Å²) in [4.78, 5) is 25.3. The lowest BCUT2D eigenvalue weighted by Gasteiger charge is -2.34. The van der Waals surface area contributed by atoms with Crippen molar-refractivity contribution in [3.05, 3.63) is 24.5 Å². The SMILES string of the molecule is Cc1ncncc1-c1nc(N2CCOC[C@@H]2C)c2ncn(CC3CC3)c2n1. The van der Waals surface area contributed by atoms with Gasteiger partial charge in [0.15, 0.2) is 22.8 Å². The summed E-state index contributed by atoms with van der Waals surface area (Å²) in [6.45, 7) is 7.27. The van der Waals surface area contributed by atoms with E-state index in [-0.39, 0.29) is 6.04 Å². The number of imidazole rings is 1. The first-order valence-electron chi connectivity index (χ1n) is 9.55. The molecule has 0 amide bonds. The highest BCUT2D eigenvalue weighted by Gasteiger charge is 2.27. The van der Waals surface area contributed by atoms with E-state index in [0.717, 1.165) is 47.2 Å². The highest BCUT2D eigenvalue weighted by atomic mass is 16.5. The summed E-state index contributed by atoms with van der Waals surface area (Å²) in [5, 5.41) is 0. The summed E-state index contributed by atoms with van der Waals surface area (Å²) in [6, 6.07) is 0.242. The Bertz CT molecular complexity index is 981. The number of aryl methyl sites for hydroxylation is 1. The number of ether oxygens (including phenoxy) is 1. The maximum absolute atomic E-state index is 5.61. The van der Waals surface area contributed by atoms with Crippen molar-refractivity contribution in [1.82, 2.24) is 29.5 Å². The number of anilines is 1. The Morgan fingerprint density at radius 1 is 1.22 bits per heavy atom. The van der Waals surface area contributed by atoms with Crippen molar-refractivity contribution in [2.24, 2.45) is 5.92 Å². The van der Waals surface area contributed by atoms with Gasteiger partial charge in [-0.1, -0.05) is 0 Å².